The Morgan fingerprint density at radius 1 is 1.04 bits per heavy atom. The second-order valence-corrected chi connectivity index (χ2v) is 7.00. The van der Waals surface area contributed by atoms with E-state index in [1.807, 2.05) is 68.5 Å². The number of hydrogen-bond donors (Lipinski definition) is 2. The fraction of sp³-hybridized carbons (Fsp3) is 0.100. The van der Waals surface area contributed by atoms with Crippen LogP contribution in [0.25, 0.3) is 11.6 Å². The predicted octanol–water partition coefficient (Wildman–Crippen LogP) is 5.55. The van der Waals surface area contributed by atoms with Gasteiger partial charge in [0.25, 0.3) is 0 Å². The van der Waals surface area contributed by atoms with Crippen LogP contribution in [-0.4, -0.2) is 15.8 Å². The van der Waals surface area contributed by atoms with Crippen LogP contribution in [-0.2, 0) is 0 Å². The van der Waals surface area contributed by atoms with E-state index in [-0.39, 0.29) is 5.88 Å². The molecule has 2 heterocycles. The van der Waals surface area contributed by atoms with Gasteiger partial charge in [-0.05, 0) is 38.1 Å². The van der Waals surface area contributed by atoms with E-state index in [0.29, 0.717) is 5.13 Å². The number of nitrogens with one attached hydrogen (secondary N) is 1. The summed E-state index contributed by atoms with van der Waals surface area (Å²) in [6.45, 7) is 4.03. The molecule has 0 saturated carbocycles. The van der Waals surface area contributed by atoms with Crippen molar-refractivity contribution in [3.8, 4) is 5.88 Å². The molecule has 3 aromatic rings. The second-order valence-electron chi connectivity index (χ2n) is 5.97. The first-order chi connectivity index (χ1) is 12.1. The molecule has 1 aliphatic heterocycles. The van der Waals surface area contributed by atoms with E-state index in [0.717, 1.165) is 33.1 Å². The van der Waals surface area contributed by atoms with E-state index in [1.165, 1.54) is 16.9 Å². The molecule has 0 atom stereocenters. The third-order valence-corrected chi connectivity index (χ3v) is 4.99. The molecule has 1 aromatic heterocycles. The molecule has 0 amide bonds. The number of allylic oxidation sites excluding steroid dienone is 1. The minimum atomic E-state index is 0.0318. The van der Waals surface area contributed by atoms with Gasteiger partial charge in [-0.2, -0.15) is 4.98 Å². The summed E-state index contributed by atoms with van der Waals surface area (Å²) in [7, 11) is 0. The standard InChI is InChI=1S/C20H17N3OS/c1-12-7-9-14(10-8-12)22-20-23-19(24)18(25-20)11-16-13(2)21-17-6-4-3-5-15(16)17/h3-11,24H,1-2H3,(H,22,23)/b16-11+. The molecular weight excluding hydrogens is 330 g/mol. The fourth-order valence-electron chi connectivity index (χ4n) is 2.78. The summed E-state index contributed by atoms with van der Waals surface area (Å²) < 4.78 is 0. The third-order valence-electron chi connectivity index (χ3n) is 4.08. The maximum Gasteiger partial charge on any atom is 0.231 e. The van der Waals surface area contributed by atoms with Gasteiger partial charge in [0.2, 0.25) is 5.88 Å². The van der Waals surface area contributed by atoms with Gasteiger partial charge < -0.3 is 10.4 Å². The summed E-state index contributed by atoms with van der Waals surface area (Å²) in [4.78, 5) is 9.53. The molecule has 1 aliphatic rings. The zero-order valence-corrected chi connectivity index (χ0v) is 14.8. The largest absolute Gasteiger partial charge is 0.492 e. The van der Waals surface area contributed by atoms with Crippen molar-refractivity contribution >= 4 is 45.2 Å². The van der Waals surface area contributed by atoms with Gasteiger partial charge >= 0.3 is 0 Å². The van der Waals surface area contributed by atoms with Gasteiger partial charge in [-0.1, -0.05) is 47.2 Å². The summed E-state index contributed by atoms with van der Waals surface area (Å²) in [5, 5.41) is 14.1. The summed E-state index contributed by atoms with van der Waals surface area (Å²) in [5.41, 5.74) is 6.17. The van der Waals surface area contributed by atoms with Crippen molar-refractivity contribution in [2.45, 2.75) is 13.8 Å². The van der Waals surface area contributed by atoms with Crippen LogP contribution in [0.3, 0.4) is 0 Å². The molecule has 0 spiro atoms. The number of rotatable bonds is 3. The number of aromatic hydroxyl groups is 1. The molecule has 0 unspecified atom stereocenters. The number of aromatic nitrogens is 1. The maximum absolute atomic E-state index is 10.2. The van der Waals surface area contributed by atoms with E-state index in [9.17, 15) is 5.11 Å². The number of fused-ring (bicyclic) bond motifs is 1. The Bertz CT molecular complexity index is 1000. The molecule has 0 saturated heterocycles. The predicted molar refractivity (Wildman–Crippen MR) is 105 cm³/mol. The molecule has 5 heteroatoms. The Balaban J connectivity index is 1.65. The van der Waals surface area contributed by atoms with Gasteiger partial charge in [-0.15, -0.1) is 0 Å². The average Bonchev–Trinajstić information content (AvgIpc) is 3.10. The van der Waals surface area contributed by atoms with E-state index in [4.69, 9.17) is 0 Å². The molecule has 2 aromatic carbocycles. The van der Waals surface area contributed by atoms with Crippen molar-refractivity contribution in [2.75, 3.05) is 5.32 Å². The molecular formula is C20H17N3OS. The normalized spacial score (nSPS) is 14.5. The van der Waals surface area contributed by atoms with Crippen LogP contribution in [0.1, 0.15) is 22.9 Å². The van der Waals surface area contributed by atoms with E-state index in [2.05, 4.69) is 15.3 Å². The van der Waals surface area contributed by atoms with Crippen LogP contribution in [0.5, 0.6) is 5.88 Å². The lowest BCUT2D eigenvalue weighted by molar-refractivity contribution is 0.457. The van der Waals surface area contributed by atoms with Crippen molar-refractivity contribution in [3.05, 3.63) is 64.5 Å². The molecule has 0 fully saturated rings. The zero-order valence-electron chi connectivity index (χ0n) is 13.9. The lowest BCUT2D eigenvalue weighted by atomic mass is 10.0. The molecule has 25 heavy (non-hydrogen) atoms. The molecule has 4 rings (SSSR count). The van der Waals surface area contributed by atoms with Crippen molar-refractivity contribution in [3.63, 3.8) is 0 Å². The van der Waals surface area contributed by atoms with Crippen LogP contribution in [0, 0.1) is 6.92 Å². The molecule has 124 valence electrons. The van der Waals surface area contributed by atoms with Crippen molar-refractivity contribution in [2.24, 2.45) is 4.99 Å². The Morgan fingerprint density at radius 3 is 2.60 bits per heavy atom. The first-order valence-electron chi connectivity index (χ1n) is 8.00. The minimum Gasteiger partial charge on any atom is -0.492 e. The Hall–Kier alpha value is -2.92. The number of aliphatic imine (C=N–C) groups is 1. The summed E-state index contributed by atoms with van der Waals surface area (Å²) >= 11 is 1.42. The lowest BCUT2D eigenvalue weighted by Crippen LogP contribution is -1.89. The van der Waals surface area contributed by atoms with Gasteiger partial charge in [0.05, 0.1) is 10.6 Å². The smallest absolute Gasteiger partial charge is 0.231 e. The number of hydrogen-bond acceptors (Lipinski definition) is 5. The van der Waals surface area contributed by atoms with Crippen LogP contribution >= 0.6 is 11.3 Å². The number of thiazole rings is 1. The third kappa shape index (κ3) is 3.06. The number of nitrogens with zero attached hydrogens (tertiary/aromatic N) is 2. The van der Waals surface area contributed by atoms with Gasteiger partial charge in [0.15, 0.2) is 5.13 Å². The highest BCUT2D eigenvalue weighted by molar-refractivity contribution is 7.16. The average molecular weight is 347 g/mol. The molecule has 4 nitrogen and oxygen atoms in total. The second kappa shape index (κ2) is 6.18. The molecule has 0 radical (unpaired) electrons. The number of benzene rings is 2. The SMILES string of the molecule is CC1=Nc2ccccc2/C1=C/c1sc(Nc2ccc(C)cc2)nc1O. The Morgan fingerprint density at radius 2 is 1.80 bits per heavy atom. The Kier molecular flexibility index (Phi) is 3.86. The van der Waals surface area contributed by atoms with Crippen LogP contribution in [0.4, 0.5) is 16.5 Å². The molecule has 0 bridgehead atoms. The highest BCUT2D eigenvalue weighted by Crippen LogP contribution is 2.39. The molecule has 2 N–H and O–H groups in total. The van der Waals surface area contributed by atoms with Gasteiger partial charge in [0.1, 0.15) is 0 Å². The van der Waals surface area contributed by atoms with Crippen molar-refractivity contribution < 1.29 is 5.11 Å². The summed E-state index contributed by atoms with van der Waals surface area (Å²) in [5.74, 6) is 0.0318. The molecule has 0 aliphatic carbocycles. The van der Waals surface area contributed by atoms with Crippen LogP contribution in [0.2, 0.25) is 0 Å². The quantitative estimate of drug-likeness (QED) is 0.653. The van der Waals surface area contributed by atoms with Crippen molar-refractivity contribution in [1.82, 2.24) is 4.98 Å². The first kappa shape index (κ1) is 15.6. The van der Waals surface area contributed by atoms with Gasteiger partial charge in [-0.3, -0.25) is 4.99 Å². The van der Waals surface area contributed by atoms with E-state index >= 15 is 0 Å². The van der Waals surface area contributed by atoms with E-state index in [1.54, 1.807) is 0 Å². The van der Waals surface area contributed by atoms with Crippen LogP contribution < -0.4 is 5.32 Å². The Labute approximate surface area is 150 Å². The van der Waals surface area contributed by atoms with Crippen LogP contribution in [0.15, 0.2) is 53.5 Å². The maximum atomic E-state index is 10.2. The topological polar surface area (TPSA) is 57.5 Å². The highest BCUT2D eigenvalue weighted by atomic mass is 32.1. The lowest BCUT2D eigenvalue weighted by Gasteiger charge is -2.02. The van der Waals surface area contributed by atoms with Gasteiger partial charge in [0, 0.05) is 22.5 Å². The summed E-state index contributed by atoms with van der Waals surface area (Å²) in [6.07, 6.45) is 1.96. The number of para-hydroxylation sites is 1. The monoisotopic (exact) mass is 347 g/mol. The zero-order chi connectivity index (χ0) is 17.4. The van der Waals surface area contributed by atoms with Gasteiger partial charge in [-0.25, -0.2) is 0 Å². The van der Waals surface area contributed by atoms with E-state index < -0.39 is 0 Å². The highest BCUT2D eigenvalue weighted by Gasteiger charge is 2.18. The first-order valence-corrected chi connectivity index (χ1v) is 8.82. The number of anilines is 2. The fourth-order valence-corrected chi connectivity index (χ4v) is 3.60. The number of aryl methyl sites for hydroxylation is 1. The van der Waals surface area contributed by atoms with Crippen molar-refractivity contribution in [1.29, 1.82) is 0 Å². The minimum absolute atomic E-state index is 0.0318. The summed E-state index contributed by atoms with van der Waals surface area (Å²) in [6, 6.07) is 16.1.